The first-order chi connectivity index (χ1) is 13.1. The first kappa shape index (κ1) is 19.1. The Morgan fingerprint density at radius 1 is 1.04 bits per heavy atom. The molecule has 0 bridgehead atoms. The standard InChI is InChI=1S/C22H25FN2O2/c1-16(15-18-11-5-6-12-19(18)23)21(26)24-20(17-9-3-2-4-10-17)22(27)25-13-7-8-14-25/h2-6,9-12,16,20H,7-8,13-15H2,1H3,(H,24,26)/t16?,20-/m0/s1. The third kappa shape index (κ3) is 4.73. The number of likely N-dealkylation sites (tertiary alicyclic amines) is 1. The topological polar surface area (TPSA) is 49.4 Å². The second-order valence-electron chi connectivity index (χ2n) is 7.08. The largest absolute Gasteiger partial charge is 0.341 e. The predicted octanol–water partition coefficient (Wildman–Crippen LogP) is 3.48. The molecule has 1 aliphatic rings. The van der Waals surface area contributed by atoms with Gasteiger partial charge in [-0.05, 0) is 36.5 Å². The number of carbonyl (C=O) groups is 2. The van der Waals surface area contributed by atoms with E-state index in [9.17, 15) is 14.0 Å². The number of rotatable bonds is 6. The highest BCUT2D eigenvalue weighted by Crippen LogP contribution is 2.21. The lowest BCUT2D eigenvalue weighted by molar-refractivity contribution is -0.136. The molecule has 0 radical (unpaired) electrons. The maximum Gasteiger partial charge on any atom is 0.249 e. The molecular formula is C22H25FN2O2. The van der Waals surface area contributed by atoms with Crippen LogP contribution in [0.25, 0.3) is 0 Å². The second kappa shape index (κ2) is 8.80. The first-order valence-corrected chi connectivity index (χ1v) is 9.44. The molecule has 1 fully saturated rings. The quantitative estimate of drug-likeness (QED) is 0.849. The molecule has 2 aromatic carbocycles. The Morgan fingerprint density at radius 2 is 1.67 bits per heavy atom. The zero-order valence-electron chi connectivity index (χ0n) is 15.5. The summed E-state index contributed by atoms with van der Waals surface area (Å²) in [6.07, 6.45) is 2.27. The van der Waals surface area contributed by atoms with Gasteiger partial charge >= 0.3 is 0 Å². The van der Waals surface area contributed by atoms with Gasteiger partial charge in [-0.3, -0.25) is 9.59 Å². The highest BCUT2D eigenvalue weighted by atomic mass is 19.1. The average molecular weight is 368 g/mol. The van der Waals surface area contributed by atoms with Crippen molar-refractivity contribution >= 4 is 11.8 Å². The minimum Gasteiger partial charge on any atom is -0.341 e. The van der Waals surface area contributed by atoms with E-state index in [1.807, 2.05) is 30.3 Å². The summed E-state index contributed by atoms with van der Waals surface area (Å²) >= 11 is 0. The summed E-state index contributed by atoms with van der Waals surface area (Å²) in [5.41, 5.74) is 1.27. The Hall–Kier alpha value is -2.69. The van der Waals surface area contributed by atoms with Crippen molar-refractivity contribution in [1.82, 2.24) is 10.2 Å². The van der Waals surface area contributed by atoms with E-state index in [1.54, 1.807) is 30.0 Å². The van der Waals surface area contributed by atoms with E-state index in [1.165, 1.54) is 6.07 Å². The van der Waals surface area contributed by atoms with Crippen LogP contribution in [0.2, 0.25) is 0 Å². The molecule has 0 aromatic heterocycles. The van der Waals surface area contributed by atoms with E-state index >= 15 is 0 Å². The lowest BCUT2D eigenvalue weighted by Gasteiger charge is -2.25. The summed E-state index contributed by atoms with van der Waals surface area (Å²) in [4.78, 5) is 27.5. The molecule has 0 spiro atoms. The fourth-order valence-corrected chi connectivity index (χ4v) is 3.42. The minimum absolute atomic E-state index is 0.0786. The zero-order valence-corrected chi connectivity index (χ0v) is 15.5. The van der Waals surface area contributed by atoms with Crippen LogP contribution in [0.5, 0.6) is 0 Å². The van der Waals surface area contributed by atoms with Crippen LogP contribution >= 0.6 is 0 Å². The number of hydrogen-bond acceptors (Lipinski definition) is 2. The summed E-state index contributed by atoms with van der Waals surface area (Å²) in [5, 5.41) is 2.90. The van der Waals surface area contributed by atoms with Gasteiger partial charge in [-0.25, -0.2) is 4.39 Å². The van der Waals surface area contributed by atoms with Gasteiger partial charge in [0.15, 0.2) is 0 Å². The van der Waals surface area contributed by atoms with Crippen molar-refractivity contribution in [2.75, 3.05) is 13.1 Å². The summed E-state index contributed by atoms with van der Waals surface area (Å²) in [7, 11) is 0. The maximum atomic E-state index is 13.9. The van der Waals surface area contributed by atoms with Crippen molar-refractivity contribution < 1.29 is 14.0 Å². The molecule has 1 saturated heterocycles. The van der Waals surface area contributed by atoms with Gasteiger partial charge in [-0.2, -0.15) is 0 Å². The number of nitrogens with zero attached hydrogens (tertiary/aromatic N) is 1. The van der Waals surface area contributed by atoms with Crippen LogP contribution in [0.3, 0.4) is 0 Å². The SMILES string of the molecule is CC(Cc1ccccc1F)C(=O)N[C@H](C(=O)N1CCCC1)c1ccccc1. The van der Waals surface area contributed by atoms with E-state index in [2.05, 4.69) is 5.32 Å². The van der Waals surface area contributed by atoms with Gasteiger partial charge < -0.3 is 10.2 Å². The van der Waals surface area contributed by atoms with Crippen LogP contribution in [0.1, 0.15) is 36.9 Å². The molecule has 1 heterocycles. The highest BCUT2D eigenvalue weighted by Gasteiger charge is 2.30. The lowest BCUT2D eigenvalue weighted by Crippen LogP contribution is -2.43. The Labute approximate surface area is 159 Å². The molecule has 0 saturated carbocycles. The Balaban J connectivity index is 1.73. The number of carbonyl (C=O) groups excluding carboxylic acids is 2. The molecule has 0 aliphatic carbocycles. The summed E-state index contributed by atoms with van der Waals surface area (Å²) in [6.45, 7) is 3.20. The molecule has 3 rings (SSSR count). The van der Waals surface area contributed by atoms with Gasteiger partial charge in [0.25, 0.3) is 0 Å². The first-order valence-electron chi connectivity index (χ1n) is 9.44. The number of hydrogen-bond donors (Lipinski definition) is 1. The van der Waals surface area contributed by atoms with Crippen LogP contribution < -0.4 is 5.32 Å². The van der Waals surface area contributed by atoms with Crippen molar-refractivity contribution in [1.29, 1.82) is 0 Å². The van der Waals surface area contributed by atoms with E-state index in [0.29, 0.717) is 5.56 Å². The fourth-order valence-electron chi connectivity index (χ4n) is 3.42. The summed E-state index contributed by atoms with van der Waals surface area (Å²) in [6, 6.07) is 15.0. The molecule has 27 heavy (non-hydrogen) atoms. The molecule has 2 atom stereocenters. The normalized spacial score (nSPS) is 16.0. The Bertz CT molecular complexity index is 788. The molecule has 1 aliphatic heterocycles. The molecule has 2 amide bonds. The van der Waals surface area contributed by atoms with Gasteiger partial charge in [0.05, 0.1) is 0 Å². The number of amides is 2. The molecule has 2 aromatic rings. The molecule has 1 unspecified atom stereocenters. The van der Waals surface area contributed by atoms with E-state index in [0.717, 1.165) is 31.5 Å². The second-order valence-corrected chi connectivity index (χ2v) is 7.08. The van der Waals surface area contributed by atoms with Gasteiger partial charge in [0.1, 0.15) is 11.9 Å². The Morgan fingerprint density at radius 3 is 2.33 bits per heavy atom. The van der Waals surface area contributed by atoms with Crippen LogP contribution in [-0.4, -0.2) is 29.8 Å². The number of halogens is 1. The molecule has 5 heteroatoms. The molecule has 4 nitrogen and oxygen atoms in total. The summed E-state index contributed by atoms with van der Waals surface area (Å²) in [5.74, 6) is -1.09. The van der Waals surface area contributed by atoms with E-state index in [4.69, 9.17) is 0 Å². The fraction of sp³-hybridized carbons (Fsp3) is 0.364. The van der Waals surface area contributed by atoms with Crippen molar-refractivity contribution in [3.05, 3.63) is 71.5 Å². The van der Waals surface area contributed by atoms with E-state index in [-0.39, 0.29) is 24.1 Å². The Kier molecular flexibility index (Phi) is 6.22. The smallest absolute Gasteiger partial charge is 0.249 e. The summed E-state index contributed by atoms with van der Waals surface area (Å²) < 4.78 is 13.9. The molecule has 1 N–H and O–H groups in total. The van der Waals surface area contributed by atoms with Crippen molar-refractivity contribution in [3.63, 3.8) is 0 Å². The highest BCUT2D eigenvalue weighted by molar-refractivity contribution is 5.89. The van der Waals surface area contributed by atoms with Crippen LogP contribution in [-0.2, 0) is 16.0 Å². The van der Waals surface area contributed by atoms with Crippen molar-refractivity contribution in [3.8, 4) is 0 Å². The molecule has 142 valence electrons. The monoisotopic (exact) mass is 368 g/mol. The average Bonchev–Trinajstić information content (AvgIpc) is 3.22. The van der Waals surface area contributed by atoms with Gasteiger partial charge in [-0.1, -0.05) is 55.5 Å². The zero-order chi connectivity index (χ0) is 19.2. The van der Waals surface area contributed by atoms with Gasteiger partial charge in [0, 0.05) is 19.0 Å². The third-order valence-electron chi connectivity index (χ3n) is 5.02. The predicted molar refractivity (Wildman–Crippen MR) is 102 cm³/mol. The lowest BCUT2D eigenvalue weighted by atomic mass is 9.98. The maximum absolute atomic E-state index is 13.9. The number of benzene rings is 2. The van der Waals surface area contributed by atoms with Crippen LogP contribution in [0.15, 0.2) is 54.6 Å². The van der Waals surface area contributed by atoms with E-state index < -0.39 is 12.0 Å². The van der Waals surface area contributed by atoms with Gasteiger partial charge in [0.2, 0.25) is 11.8 Å². The third-order valence-corrected chi connectivity index (χ3v) is 5.02. The minimum atomic E-state index is -0.708. The van der Waals surface area contributed by atoms with Crippen LogP contribution in [0, 0.1) is 11.7 Å². The van der Waals surface area contributed by atoms with Crippen LogP contribution in [0.4, 0.5) is 4.39 Å². The number of nitrogens with one attached hydrogen (secondary N) is 1. The van der Waals surface area contributed by atoms with Gasteiger partial charge in [-0.15, -0.1) is 0 Å². The molecular weight excluding hydrogens is 343 g/mol. The van der Waals surface area contributed by atoms with Crippen molar-refractivity contribution in [2.45, 2.75) is 32.2 Å². The van der Waals surface area contributed by atoms with Crippen molar-refractivity contribution in [2.24, 2.45) is 5.92 Å².